The van der Waals surface area contributed by atoms with Gasteiger partial charge in [-0.05, 0) is 68.6 Å². The molecule has 164 valence electrons. The Balaban J connectivity index is 1.27. The summed E-state index contributed by atoms with van der Waals surface area (Å²) >= 11 is 0. The van der Waals surface area contributed by atoms with Crippen molar-refractivity contribution in [3.8, 4) is 0 Å². The highest BCUT2D eigenvalue weighted by Crippen LogP contribution is 2.23. The number of carbonyl (C=O) groups is 2. The fourth-order valence-electron chi connectivity index (χ4n) is 4.45. The molecule has 1 aromatic carbocycles. The van der Waals surface area contributed by atoms with E-state index in [9.17, 15) is 14.0 Å². The summed E-state index contributed by atoms with van der Waals surface area (Å²) in [5.41, 5.74) is 1.95. The number of hydrogen-bond acceptors (Lipinski definition) is 4. The van der Waals surface area contributed by atoms with Crippen molar-refractivity contribution in [2.75, 3.05) is 18.4 Å². The number of amides is 2. The quantitative estimate of drug-likeness (QED) is 0.741. The van der Waals surface area contributed by atoms with Crippen molar-refractivity contribution >= 4 is 17.5 Å². The third-order valence-corrected chi connectivity index (χ3v) is 6.21. The minimum Gasteiger partial charge on any atom is -0.353 e. The normalized spacial score (nSPS) is 18.1. The van der Waals surface area contributed by atoms with Crippen LogP contribution in [0.3, 0.4) is 0 Å². The number of rotatable bonds is 6. The van der Waals surface area contributed by atoms with E-state index in [1.165, 1.54) is 25.0 Å². The van der Waals surface area contributed by atoms with Gasteiger partial charge in [0.25, 0.3) is 5.91 Å². The molecule has 2 N–H and O–H groups in total. The van der Waals surface area contributed by atoms with E-state index in [0.717, 1.165) is 57.1 Å². The number of anilines is 1. The number of carbonyl (C=O) groups excluding carboxylic acids is 2. The Labute approximate surface area is 182 Å². The summed E-state index contributed by atoms with van der Waals surface area (Å²) in [5.74, 6) is -0.499. The van der Waals surface area contributed by atoms with Crippen LogP contribution in [-0.2, 0) is 11.3 Å². The molecular weight excluding hydrogens is 395 g/mol. The first-order chi connectivity index (χ1) is 15.1. The average Bonchev–Trinajstić information content (AvgIpc) is 3.28. The molecule has 0 unspecified atom stereocenters. The third kappa shape index (κ3) is 5.88. The van der Waals surface area contributed by atoms with Gasteiger partial charge in [-0.2, -0.15) is 0 Å². The summed E-state index contributed by atoms with van der Waals surface area (Å²) in [5, 5.41) is 6.05. The molecule has 0 bridgehead atoms. The maximum absolute atomic E-state index is 13.0. The van der Waals surface area contributed by atoms with Crippen molar-refractivity contribution in [3.63, 3.8) is 0 Å². The molecule has 2 aliphatic rings. The number of benzene rings is 1. The summed E-state index contributed by atoms with van der Waals surface area (Å²) in [6.45, 7) is 2.55. The standard InChI is InChI=1S/C24H29FN4O2/c25-19-8-9-22(26-15-19)24(31)28-21-7-3-4-17(14-21)16-29-12-10-18(11-13-29)23(30)27-20-5-1-2-6-20/h3-4,7-9,14-15,18,20H,1-2,5-6,10-13,16H2,(H,27,30)(H,28,31). The highest BCUT2D eigenvalue weighted by atomic mass is 19.1. The van der Waals surface area contributed by atoms with Crippen molar-refractivity contribution in [3.05, 3.63) is 59.7 Å². The molecule has 0 spiro atoms. The van der Waals surface area contributed by atoms with Crippen LogP contribution in [0.4, 0.5) is 10.1 Å². The van der Waals surface area contributed by atoms with E-state index in [4.69, 9.17) is 0 Å². The second kappa shape index (κ2) is 10.0. The maximum Gasteiger partial charge on any atom is 0.274 e. The molecule has 7 heteroatoms. The van der Waals surface area contributed by atoms with Gasteiger partial charge in [-0.15, -0.1) is 0 Å². The molecule has 6 nitrogen and oxygen atoms in total. The van der Waals surface area contributed by atoms with Crippen molar-refractivity contribution in [2.24, 2.45) is 5.92 Å². The summed E-state index contributed by atoms with van der Waals surface area (Å²) in [6.07, 6.45) is 7.48. The first-order valence-corrected chi connectivity index (χ1v) is 11.1. The predicted octanol–water partition coefficient (Wildman–Crippen LogP) is 3.74. The van der Waals surface area contributed by atoms with Gasteiger partial charge < -0.3 is 10.6 Å². The van der Waals surface area contributed by atoms with Crippen LogP contribution in [-0.4, -0.2) is 40.8 Å². The first-order valence-electron chi connectivity index (χ1n) is 11.1. The van der Waals surface area contributed by atoms with Gasteiger partial charge in [0.15, 0.2) is 0 Å². The number of hydrogen-bond donors (Lipinski definition) is 2. The highest BCUT2D eigenvalue weighted by molar-refractivity contribution is 6.02. The van der Waals surface area contributed by atoms with Crippen LogP contribution in [0.1, 0.15) is 54.6 Å². The van der Waals surface area contributed by atoms with Crippen LogP contribution < -0.4 is 10.6 Å². The Morgan fingerprint density at radius 3 is 2.55 bits per heavy atom. The third-order valence-electron chi connectivity index (χ3n) is 6.21. The molecule has 2 aromatic rings. The van der Waals surface area contributed by atoms with Crippen LogP contribution in [0.25, 0.3) is 0 Å². The Kier molecular flexibility index (Phi) is 6.92. The molecule has 1 aliphatic carbocycles. The monoisotopic (exact) mass is 424 g/mol. The molecule has 4 rings (SSSR count). The molecule has 2 fully saturated rings. The zero-order valence-corrected chi connectivity index (χ0v) is 17.6. The zero-order chi connectivity index (χ0) is 21.6. The SMILES string of the molecule is O=C(Nc1cccc(CN2CCC(C(=O)NC3CCCC3)CC2)c1)c1ccc(F)cn1. The number of nitrogens with zero attached hydrogens (tertiary/aromatic N) is 2. The second-order valence-electron chi connectivity index (χ2n) is 8.56. The minimum atomic E-state index is -0.474. The maximum atomic E-state index is 13.0. The Hall–Kier alpha value is -2.80. The molecule has 1 aliphatic heterocycles. The number of likely N-dealkylation sites (tertiary alicyclic amines) is 1. The van der Waals surface area contributed by atoms with E-state index >= 15 is 0 Å². The van der Waals surface area contributed by atoms with Crippen molar-refractivity contribution in [1.29, 1.82) is 0 Å². The van der Waals surface area contributed by atoms with Gasteiger partial charge >= 0.3 is 0 Å². The molecule has 0 atom stereocenters. The highest BCUT2D eigenvalue weighted by Gasteiger charge is 2.27. The largest absolute Gasteiger partial charge is 0.353 e. The molecule has 2 heterocycles. The lowest BCUT2D eigenvalue weighted by atomic mass is 9.95. The summed E-state index contributed by atoms with van der Waals surface area (Å²) in [7, 11) is 0. The molecule has 31 heavy (non-hydrogen) atoms. The molecule has 1 aromatic heterocycles. The van der Waals surface area contributed by atoms with Gasteiger partial charge in [-0.3, -0.25) is 14.5 Å². The zero-order valence-electron chi connectivity index (χ0n) is 17.6. The summed E-state index contributed by atoms with van der Waals surface area (Å²) in [6, 6.07) is 10.7. The summed E-state index contributed by atoms with van der Waals surface area (Å²) < 4.78 is 13.0. The van der Waals surface area contributed by atoms with Gasteiger partial charge in [0.05, 0.1) is 6.20 Å². The number of piperidine rings is 1. The van der Waals surface area contributed by atoms with Crippen LogP contribution in [0.2, 0.25) is 0 Å². The lowest BCUT2D eigenvalue weighted by Crippen LogP contribution is -2.42. The Morgan fingerprint density at radius 1 is 1.06 bits per heavy atom. The average molecular weight is 425 g/mol. The van der Waals surface area contributed by atoms with E-state index in [1.807, 2.05) is 24.3 Å². The summed E-state index contributed by atoms with van der Waals surface area (Å²) in [4.78, 5) is 31.0. The lowest BCUT2D eigenvalue weighted by Gasteiger charge is -2.32. The van der Waals surface area contributed by atoms with Crippen LogP contribution >= 0.6 is 0 Å². The van der Waals surface area contributed by atoms with Gasteiger partial charge in [0, 0.05) is 24.2 Å². The van der Waals surface area contributed by atoms with E-state index in [2.05, 4.69) is 20.5 Å². The van der Waals surface area contributed by atoms with Crippen molar-refractivity contribution in [1.82, 2.24) is 15.2 Å². The molecule has 2 amide bonds. The molecular formula is C24H29FN4O2. The van der Waals surface area contributed by atoms with Crippen molar-refractivity contribution in [2.45, 2.75) is 51.1 Å². The van der Waals surface area contributed by atoms with E-state index in [0.29, 0.717) is 11.7 Å². The number of pyridine rings is 1. The molecule has 1 saturated heterocycles. The van der Waals surface area contributed by atoms with Gasteiger partial charge in [0.1, 0.15) is 11.5 Å². The fraction of sp³-hybridized carbons (Fsp3) is 0.458. The topological polar surface area (TPSA) is 74.3 Å². The predicted molar refractivity (Wildman–Crippen MR) is 117 cm³/mol. The van der Waals surface area contributed by atoms with Crippen LogP contribution in [0.5, 0.6) is 0 Å². The molecule has 1 saturated carbocycles. The van der Waals surface area contributed by atoms with E-state index < -0.39 is 5.82 Å². The van der Waals surface area contributed by atoms with Gasteiger partial charge in [-0.25, -0.2) is 9.37 Å². The van der Waals surface area contributed by atoms with E-state index in [1.54, 1.807) is 0 Å². The lowest BCUT2D eigenvalue weighted by molar-refractivity contribution is -0.127. The smallest absolute Gasteiger partial charge is 0.274 e. The second-order valence-corrected chi connectivity index (χ2v) is 8.56. The van der Waals surface area contributed by atoms with Crippen LogP contribution in [0.15, 0.2) is 42.6 Å². The van der Waals surface area contributed by atoms with Crippen molar-refractivity contribution < 1.29 is 14.0 Å². The van der Waals surface area contributed by atoms with Crippen LogP contribution in [0, 0.1) is 11.7 Å². The van der Waals surface area contributed by atoms with Gasteiger partial charge in [0.2, 0.25) is 5.91 Å². The number of nitrogens with one attached hydrogen (secondary N) is 2. The van der Waals surface area contributed by atoms with E-state index in [-0.39, 0.29) is 23.4 Å². The Morgan fingerprint density at radius 2 is 1.84 bits per heavy atom. The number of halogens is 1. The molecule has 0 radical (unpaired) electrons. The fourth-order valence-corrected chi connectivity index (χ4v) is 4.45. The Bertz CT molecular complexity index is 904. The number of aromatic nitrogens is 1. The van der Waals surface area contributed by atoms with Gasteiger partial charge in [-0.1, -0.05) is 25.0 Å². The first kappa shape index (κ1) is 21.4. The minimum absolute atomic E-state index is 0.116.